The summed E-state index contributed by atoms with van der Waals surface area (Å²) in [6.07, 6.45) is -11.7. The highest BCUT2D eigenvalue weighted by Gasteiger charge is 2.72. The van der Waals surface area contributed by atoms with Crippen LogP contribution in [0.1, 0.15) is 22.3 Å². The van der Waals surface area contributed by atoms with Crippen molar-refractivity contribution < 1.29 is 66.7 Å². The molecule has 0 atom stereocenters. The van der Waals surface area contributed by atoms with Crippen molar-refractivity contribution in [1.82, 2.24) is 0 Å². The Kier molecular flexibility index (Phi) is 11.7. The van der Waals surface area contributed by atoms with Gasteiger partial charge in [-0.3, -0.25) is 4.55 Å². The Morgan fingerprint density at radius 2 is 1.02 bits per heavy atom. The van der Waals surface area contributed by atoms with E-state index in [0.29, 0.717) is 24.3 Å². The Balaban J connectivity index is 1.27. The number of methoxy groups -OCH3 is 1. The molecule has 0 unspecified atom stereocenters. The molecule has 1 N–H and O–H groups in total. The largest absolute Gasteiger partial charge is 0.497 e. The Morgan fingerprint density at radius 1 is 0.567 bits per heavy atom. The topological polar surface area (TPSA) is 149 Å². The highest BCUT2D eigenvalue weighted by atomic mass is 32.2. The third kappa shape index (κ3) is 8.32. The van der Waals surface area contributed by atoms with E-state index in [-0.39, 0.29) is 56.3 Å². The van der Waals surface area contributed by atoms with Crippen molar-refractivity contribution in [3.8, 4) is 46.3 Å². The molecule has 310 valence electrons. The van der Waals surface area contributed by atoms with E-state index in [1.807, 2.05) is 6.07 Å². The van der Waals surface area contributed by atoms with Gasteiger partial charge in [-0.25, -0.2) is 8.42 Å². The van der Waals surface area contributed by atoms with Crippen LogP contribution in [-0.4, -0.2) is 40.9 Å². The molecule has 0 bridgehead atoms. The van der Waals surface area contributed by atoms with Crippen LogP contribution in [0, 0.1) is 18.3 Å². The summed E-state index contributed by atoms with van der Waals surface area (Å²) in [5.41, 5.74) is -6.59. The van der Waals surface area contributed by atoms with Crippen molar-refractivity contribution in [2.24, 2.45) is 0 Å². The second-order valence-electron chi connectivity index (χ2n) is 12.9. The predicted molar refractivity (Wildman–Crippen MR) is 203 cm³/mol. The molecule has 0 aliphatic rings. The second-order valence-corrected chi connectivity index (χ2v) is 16.2. The van der Waals surface area contributed by atoms with E-state index in [4.69, 9.17) is 18.9 Å². The van der Waals surface area contributed by atoms with E-state index >= 15 is 0 Å². The second kappa shape index (κ2) is 16.2. The van der Waals surface area contributed by atoms with Crippen LogP contribution in [0.25, 0.3) is 0 Å². The van der Waals surface area contributed by atoms with Gasteiger partial charge < -0.3 is 18.9 Å². The first-order chi connectivity index (χ1) is 28.2. The number of hydrogen-bond acceptors (Lipinski definition) is 9. The van der Waals surface area contributed by atoms with E-state index in [1.54, 1.807) is 0 Å². The number of sulfone groups is 1. The van der Waals surface area contributed by atoms with Crippen LogP contribution in [0.4, 0.5) is 26.3 Å². The molecule has 0 aliphatic heterocycles. The first-order valence-electron chi connectivity index (χ1n) is 17.2. The summed E-state index contributed by atoms with van der Waals surface area (Å²) in [7, 11) is -7.94. The molecule has 0 fully saturated rings. The van der Waals surface area contributed by atoms with Gasteiger partial charge in [0.15, 0.2) is 0 Å². The summed E-state index contributed by atoms with van der Waals surface area (Å²) in [5, 5.41) is 10.1. The maximum Gasteiger partial charge on any atom is 0.411 e. The summed E-state index contributed by atoms with van der Waals surface area (Å²) in [6.45, 7) is 1.50. The van der Waals surface area contributed by atoms with E-state index < -0.39 is 58.6 Å². The average Bonchev–Trinajstić information content (AvgIpc) is 3.18. The van der Waals surface area contributed by atoms with Crippen LogP contribution >= 0.6 is 0 Å². The maximum atomic E-state index is 14.6. The Labute approximate surface area is 339 Å². The van der Waals surface area contributed by atoms with Crippen LogP contribution in [0.15, 0.2) is 148 Å². The van der Waals surface area contributed by atoms with Gasteiger partial charge in [0.05, 0.1) is 16.9 Å². The molecule has 10 nitrogen and oxygen atoms in total. The monoisotopic (exact) mass is 869 g/mol. The number of aryl methyl sites for hydroxylation is 1. The van der Waals surface area contributed by atoms with Crippen molar-refractivity contribution in [2.45, 2.75) is 39.4 Å². The zero-order chi connectivity index (χ0) is 43.7. The van der Waals surface area contributed by atoms with Crippen molar-refractivity contribution >= 4 is 20.0 Å². The van der Waals surface area contributed by atoms with Crippen LogP contribution in [0.3, 0.4) is 0 Å². The summed E-state index contributed by atoms with van der Waals surface area (Å²) in [5.74, 6) is -0.380. The molecule has 6 aromatic carbocycles. The summed E-state index contributed by atoms with van der Waals surface area (Å²) in [6, 6.07) is 26.9. The number of halogens is 6. The van der Waals surface area contributed by atoms with Gasteiger partial charge in [0.1, 0.15) is 56.8 Å². The summed E-state index contributed by atoms with van der Waals surface area (Å²) in [4.78, 5) is -1.36. The third-order valence-corrected chi connectivity index (χ3v) is 11.9. The SMILES string of the molecule is COc1ccc(C(c2ccc(Oc3cccc(Oc4cccc(Oc5cccc(C)c5S(=O)(=O)c5cccc(S(=O)(=O)O)c5)c4)c3C#N)cc2)(C(F)(F)F)C(F)(F)F)cc1. The Hall–Kier alpha value is -6.55. The smallest absolute Gasteiger partial charge is 0.411 e. The minimum absolute atomic E-state index is 0.0530. The highest BCUT2D eigenvalue weighted by Crippen LogP contribution is 2.56. The lowest BCUT2D eigenvalue weighted by molar-refractivity contribution is -0.288. The van der Waals surface area contributed by atoms with Gasteiger partial charge in [0, 0.05) is 6.07 Å². The number of ether oxygens (including phenoxy) is 4. The van der Waals surface area contributed by atoms with Gasteiger partial charge in [0.25, 0.3) is 10.1 Å². The molecule has 0 aliphatic carbocycles. The lowest BCUT2D eigenvalue weighted by Gasteiger charge is -2.38. The van der Waals surface area contributed by atoms with Gasteiger partial charge in [-0.2, -0.15) is 40.0 Å². The summed E-state index contributed by atoms with van der Waals surface area (Å²) >= 11 is 0. The molecule has 6 aromatic rings. The van der Waals surface area contributed by atoms with Crippen LogP contribution in [0.2, 0.25) is 0 Å². The molecule has 0 heterocycles. The van der Waals surface area contributed by atoms with E-state index in [0.717, 1.165) is 48.5 Å². The zero-order valence-electron chi connectivity index (χ0n) is 30.9. The number of nitrogens with zero attached hydrogens (tertiary/aromatic N) is 1. The number of benzene rings is 6. The normalized spacial score (nSPS) is 12.3. The quantitative estimate of drug-likeness (QED) is 0.0930. The molecule has 0 spiro atoms. The summed E-state index contributed by atoms with van der Waals surface area (Å²) < 4.78 is 171. The number of hydrogen-bond donors (Lipinski definition) is 1. The number of rotatable bonds is 12. The first-order valence-corrected chi connectivity index (χ1v) is 20.1. The molecule has 6 rings (SSSR count). The van der Waals surface area contributed by atoms with Crippen molar-refractivity contribution in [2.75, 3.05) is 7.11 Å². The molecule has 18 heteroatoms. The fourth-order valence-electron chi connectivity index (χ4n) is 6.34. The van der Waals surface area contributed by atoms with Crippen LogP contribution in [0.5, 0.6) is 40.2 Å². The zero-order valence-corrected chi connectivity index (χ0v) is 32.6. The van der Waals surface area contributed by atoms with Crippen molar-refractivity contribution in [1.29, 1.82) is 5.26 Å². The predicted octanol–water partition coefficient (Wildman–Crippen LogP) is 10.7. The van der Waals surface area contributed by atoms with Gasteiger partial charge >= 0.3 is 12.4 Å². The van der Waals surface area contributed by atoms with E-state index in [9.17, 15) is 53.0 Å². The Bertz CT molecular complexity index is 2810. The van der Waals surface area contributed by atoms with Crippen molar-refractivity contribution in [3.05, 3.63) is 156 Å². The third-order valence-electron chi connectivity index (χ3n) is 9.11. The molecule has 60 heavy (non-hydrogen) atoms. The average molecular weight is 870 g/mol. The van der Waals surface area contributed by atoms with Crippen LogP contribution < -0.4 is 18.9 Å². The lowest BCUT2D eigenvalue weighted by Crippen LogP contribution is -2.54. The van der Waals surface area contributed by atoms with Crippen LogP contribution in [-0.2, 0) is 25.4 Å². The molecule has 0 amide bonds. The molecule has 0 saturated heterocycles. The number of nitriles is 1. The minimum atomic E-state index is -5.83. The van der Waals surface area contributed by atoms with E-state index in [1.165, 1.54) is 74.7 Å². The highest BCUT2D eigenvalue weighted by molar-refractivity contribution is 7.91. The molecule has 0 saturated carbocycles. The van der Waals surface area contributed by atoms with E-state index in [2.05, 4.69) is 0 Å². The fourth-order valence-corrected chi connectivity index (χ4v) is 8.58. The maximum absolute atomic E-state index is 14.6. The first kappa shape index (κ1) is 43.0. The van der Waals surface area contributed by atoms with Crippen molar-refractivity contribution in [3.63, 3.8) is 0 Å². The van der Waals surface area contributed by atoms with Gasteiger partial charge in [0.2, 0.25) is 15.3 Å². The molecule has 0 radical (unpaired) electrons. The minimum Gasteiger partial charge on any atom is -0.497 e. The number of alkyl halides is 6. The standard InChI is InChI=1S/C42H29F6NO9S2/c1-26-7-3-14-38(39(26)59(50,51)33-10-5-11-34(24-33)60(52,53)54)58-32-9-4-8-31(23-32)57-37-13-6-12-36(35(37)25-49)56-30-21-17-28(18-22-30)40(41(43,44)45,42(46,47)48)27-15-19-29(55-2)20-16-27/h3-24H,1-2H3,(H,52,53,54). The molecule has 0 aromatic heterocycles. The van der Waals surface area contributed by atoms with Gasteiger partial charge in [-0.1, -0.05) is 54.6 Å². The fraction of sp³-hybridized carbons (Fsp3) is 0.119. The molecular formula is C42H29F6NO9S2. The molecular weight excluding hydrogens is 841 g/mol. The lowest BCUT2D eigenvalue weighted by atomic mass is 9.73. The Morgan fingerprint density at radius 3 is 1.53 bits per heavy atom. The van der Waals surface area contributed by atoms with Gasteiger partial charge in [-0.05, 0) is 96.4 Å². The van der Waals surface area contributed by atoms with Gasteiger partial charge in [-0.15, -0.1) is 0 Å².